The Morgan fingerprint density at radius 2 is 2.00 bits per heavy atom. The van der Waals surface area contributed by atoms with Crippen molar-refractivity contribution in [2.45, 2.75) is 27.2 Å². The number of hydrogen-bond acceptors (Lipinski definition) is 2. The van der Waals surface area contributed by atoms with Gasteiger partial charge in [-0.05, 0) is 25.3 Å². The van der Waals surface area contributed by atoms with Crippen molar-refractivity contribution >= 4 is 5.78 Å². The van der Waals surface area contributed by atoms with E-state index in [0.717, 1.165) is 6.08 Å². The molecular formula is C8H13AgO2. The van der Waals surface area contributed by atoms with Crippen molar-refractivity contribution in [3.63, 3.8) is 0 Å². The van der Waals surface area contributed by atoms with Gasteiger partial charge in [-0.25, -0.2) is 0 Å². The van der Waals surface area contributed by atoms with Crippen LogP contribution in [0.15, 0.2) is 11.8 Å². The van der Waals surface area contributed by atoms with Gasteiger partial charge in [-0.1, -0.05) is 13.8 Å². The quantitative estimate of drug-likeness (QED) is 0.423. The molecule has 3 heteroatoms. The molecule has 0 aliphatic rings. The average Bonchev–Trinajstić information content (AvgIpc) is 1.58. The van der Waals surface area contributed by atoms with E-state index in [-0.39, 0.29) is 33.9 Å². The van der Waals surface area contributed by atoms with E-state index in [9.17, 15) is 9.90 Å². The normalized spacial score (nSPS) is 11.1. The molecule has 0 rings (SSSR count). The van der Waals surface area contributed by atoms with Crippen LogP contribution in [0.2, 0.25) is 0 Å². The van der Waals surface area contributed by atoms with E-state index in [1.165, 1.54) is 6.92 Å². The van der Waals surface area contributed by atoms with Crippen molar-refractivity contribution in [2.75, 3.05) is 0 Å². The molecule has 0 aliphatic carbocycles. The summed E-state index contributed by atoms with van der Waals surface area (Å²) in [4.78, 5) is 10.4. The first-order valence-electron chi connectivity index (χ1n) is 3.40. The smallest absolute Gasteiger partial charge is 0.875 e. The first kappa shape index (κ1) is 13.5. The van der Waals surface area contributed by atoms with Gasteiger partial charge in [-0.2, -0.15) is 0 Å². The van der Waals surface area contributed by atoms with Gasteiger partial charge < -0.3 is 5.11 Å². The number of carbonyl (C=O) groups excluding carboxylic acids is 1. The van der Waals surface area contributed by atoms with E-state index in [0.29, 0.717) is 12.3 Å². The third-order valence-corrected chi connectivity index (χ3v) is 0.974. The second-order valence-electron chi connectivity index (χ2n) is 2.82. The van der Waals surface area contributed by atoms with Gasteiger partial charge in [0, 0.05) is 0 Å². The first-order chi connectivity index (χ1) is 4.52. The molecule has 0 saturated carbocycles. The van der Waals surface area contributed by atoms with Crippen molar-refractivity contribution in [1.82, 2.24) is 0 Å². The minimum absolute atomic E-state index is 0. The third-order valence-electron chi connectivity index (χ3n) is 0.974. The van der Waals surface area contributed by atoms with Crippen molar-refractivity contribution in [2.24, 2.45) is 5.92 Å². The molecule has 0 fully saturated rings. The summed E-state index contributed by atoms with van der Waals surface area (Å²) in [6.45, 7) is 5.29. The maximum absolute atomic E-state index is 10.8. The van der Waals surface area contributed by atoms with Crippen molar-refractivity contribution < 1.29 is 32.3 Å². The van der Waals surface area contributed by atoms with Gasteiger partial charge in [0.2, 0.25) is 0 Å². The van der Waals surface area contributed by atoms with Crippen LogP contribution in [0.5, 0.6) is 0 Å². The number of hydrogen-bond donors (Lipinski definition) is 0. The van der Waals surface area contributed by atoms with E-state index in [1.54, 1.807) is 0 Å². The molecule has 0 atom stereocenters. The zero-order valence-electron chi connectivity index (χ0n) is 6.98. The molecule has 2 nitrogen and oxygen atoms in total. The number of rotatable bonds is 3. The van der Waals surface area contributed by atoms with E-state index in [1.807, 2.05) is 13.8 Å². The van der Waals surface area contributed by atoms with E-state index in [4.69, 9.17) is 0 Å². The molecular weight excluding hydrogens is 236 g/mol. The van der Waals surface area contributed by atoms with E-state index < -0.39 is 0 Å². The van der Waals surface area contributed by atoms with Crippen LogP contribution in [0.3, 0.4) is 0 Å². The molecule has 0 bridgehead atoms. The molecule has 0 spiro atoms. The fourth-order valence-electron chi connectivity index (χ4n) is 0.688. The summed E-state index contributed by atoms with van der Waals surface area (Å²) in [7, 11) is 0. The summed E-state index contributed by atoms with van der Waals surface area (Å²) in [5.41, 5.74) is 0. The average molecular weight is 249 g/mol. The van der Waals surface area contributed by atoms with Crippen LogP contribution in [0, 0.1) is 5.92 Å². The molecule has 0 N–H and O–H groups in total. The number of carbonyl (C=O) groups is 1. The molecule has 0 aliphatic heterocycles. The number of allylic oxidation sites excluding steroid dienone is 2. The molecule has 0 aromatic rings. The van der Waals surface area contributed by atoms with E-state index in [2.05, 4.69) is 0 Å². The Kier molecular flexibility index (Phi) is 8.18. The predicted molar refractivity (Wildman–Crippen MR) is 38.2 cm³/mol. The minimum atomic E-state index is -0.161. The Labute approximate surface area is 83.2 Å². The Morgan fingerprint density at radius 1 is 1.55 bits per heavy atom. The molecule has 11 heavy (non-hydrogen) atoms. The molecule has 0 aromatic carbocycles. The number of ketones is 1. The predicted octanol–water partition coefficient (Wildman–Crippen LogP) is 0.863. The van der Waals surface area contributed by atoms with E-state index >= 15 is 0 Å². The van der Waals surface area contributed by atoms with Gasteiger partial charge in [-0.15, -0.1) is 5.76 Å². The Morgan fingerprint density at radius 3 is 2.27 bits per heavy atom. The summed E-state index contributed by atoms with van der Waals surface area (Å²) in [6.07, 6.45) is 1.62. The zero-order chi connectivity index (χ0) is 8.15. The standard InChI is InChI=1S/C8H14O2.Ag/c1-6(2)4-8(10)5-7(3)9;/h5-6,10H,4H2,1-3H3;/q;+1/p-1/b8-5-;. The first-order valence-corrected chi connectivity index (χ1v) is 3.40. The van der Waals surface area contributed by atoms with Crippen LogP contribution in [-0.2, 0) is 27.2 Å². The molecule has 68 valence electrons. The molecule has 0 aromatic heterocycles. The molecule has 0 amide bonds. The van der Waals surface area contributed by atoms with Gasteiger partial charge in [0.15, 0.2) is 5.78 Å². The molecule has 0 unspecified atom stereocenters. The summed E-state index contributed by atoms with van der Waals surface area (Å²) in [6, 6.07) is 0. The fourth-order valence-corrected chi connectivity index (χ4v) is 0.688. The van der Waals surface area contributed by atoms with Crippen LogP contribution >= 0.6 is 0 Å². The summed E-state index contributed by atoms with van der Waals surface area (Å²) >= 11 is 0. The fraction of sp³-hybridized carbons (Fsp3) is 0.625. The SMILES string of the molecule is CC(=O)/C=C(\[O-])CC(C)C.[Ag+]. The third kappa shape index (κ3) is 9.95. The zero-order valence-corrected chi connectivity index (χ0v) is 8.46. The monoisotopic (exact) mass is 248 g/mol. The van der Waals surface area contributed by atoms with Crippen LogP contribution in [0.1, 0.15) is 27.2 Å². The summed E-state index contributed by atoms with van der Waals surface area (Å²) in [5, 5.41) is 10.8. The van der Waals surface area contributed by atoms with Gasteiger partial charge in [0.1, 0.15) is 0 Å². The topological polar surface area (TPSA) is 40.1 Å². The van der Waals surface area contributed by atoms with Crippen molar-refractivity contribution in [3.8, 4) is 0 Å². The van der Waals surface area contributed by atoms with Crippen molar-refractivity contribution in [3.05, 3.63) is 11.8 Å². The second-order valence-corrected chi connectivity index (χ2v) is 2.82. The Hall–Kier alpha value is -0.0497. The molecule has 0 saturated heterocycles. The van der Waals surface area contributed by atoms with Crippen LogP contribution in [0.25, 0.3) is 0 Å². The van der Waals surface area contributed by atoms with Gasteiger partial charge in [0.05, 0.1) is 0 Å². The van der Waals surface area contributed by atoms with Crippen LogP contribution < -0.4 is 5.11 Å². The maximum atomic E-state index is 10.8. The maximum Gasteiger partial charge on any atom is 1.00 e. The van der Waals surface area contributed by atoms with Crippen molar-refractivity contribution in [1.29, 1.82) is 0 Å². The van der Waals surface area contributed by atoms with Gasteiger partial charge >= 0.3 is 22.4 Å². The molecule has 0 heterocycles. The summed E-state index contributed by atoms with van der Waals surface area (Å²) in [5.74, 6) is 0.108. The minimum Gasteiger partial charge on any atom is -0.875 e. The second kappa shape index (κ2) is 6.65. The van der Waals surface area contributed by atoms with Crippen LogP contribution in [-0.4, -0.2) is 5.78 Å². The molecule has 0 radical (unpaired) electrons. The summed E-state index contributed by atoms with van der Waals surface area (Å²) < 4.78 is 0. The van der Waals surface area contributed by atoms with Gasteiger partial charge in [-0.3, -0.25) is 4.79 Å². The van der Waals surface area contributed by atoms with Crippen LogP contribution in [0.4, 0.5) is 0 Å². The Balaban J connectivity index is 0. The largest absolute Gasteiger partial charge is 1.00 e. The Bertz CT molecular complexity index is 150. The van der Waals surface area contributed by atoms with Gasteiger partial charge in [0.25, 0.3) is 0 Å².